The quantitative estimate of drug-likeness (QED) is 0.501. The van der Waals surface area contributed by atoms with Gasteiger partial charge in [0.05, 0.1) is 5.56 Å². The molecule has 6 heteroatoms. The molecule has 0 radical (unpaired) electrons. The molecule has 0 aliphatic heterocycles. The van der Waals surface area contributed by atoms with Crippen molar-refractivity contribution in [1.82, 2.24) is 0 Å². The Morgan fingerprint density at radius 3 is 1.56 bits per heavy atom. The largest absolute Gasteiger partial charge is 2.00 e. The van der Waals surface area contributed by atoms with Crippen LogP contribution in [0.5, 0.6) is 0 Å². The Hall–Kier alpha value is 0.268. The van der Waals surface area contributed by atoms with Crippen LogP contribution in [0, 0.1) is 0 Å². The van der Waals surface area contributed by atoms with Crippen LogP contribution in [0.3, 0.4) is 0 Å². The van der Waals surface area contributed by atoms with Gasteiger partial charge in [-0.3, -0.25) is 0 Å². The van der Waals surface area contributed by atoms with Gasteiger partial charge in [0.15, 0.2) is 0 Å². The third-order valence-corrected chi connectivity index (χ3v) is 1.42. The molecule has 0 N–H and O–H groups in total. The summed E-state index contributed by atoms with van der Waals surface area (Å²) in [6, 6.07) is 4.68. The number of rotatable bonds is 0. The Balaban J connectivity index is -0.000000123. The van der Waals surface area contributed by atoms with Crippen LogP contribution in [0.2, 0.25) is 0 Å². The predicted molar refractivity (Wildman–Crippen MR) is 73.1 cm³/mol. The zero-order valence-electron chi connectivity index (χ0n) is 11.2. The smallest absolute Gasteiger partial charge is 0.796 e. The summed E-state index contributed by atoms with van der Waals surface area (Å²) in [4.78, 5) is 0.208. The van der Waals surface area contributed by atoms with Crippen LogP contribution in [0.1, 0.15) is 33.3 Å². The van der Waals surface area contributed by atoms with E-state index >= 15 is 0 Å². The molecule has 18 heavy (non-hydrogen) atoms. The summed E-state index contributed by atoms with van der Waals surface area (Å²) < 4.78 is 35.8. The van der Waals surface area contributed by atoms with Gasteiger partial charge in [-0.05, 0) is 0 Å². The van der Waals surface area contributed by atoms with Crippen molar-refractivity contribution in [2.75, 3.05) is 6.26 Å². The Bertz CT molecular complexity index is 266. The van der Waals surface area contributed by atoms with Crippen LogP contribution < -0.4 is 0 Å². The Morgan fingerprint density at radius 1 is 0.944 bits per heavy atom. The molecule has 0 aliphatic carbocycles. The molecule has 0 amide bonds. The van der Waals surface area contributed by atoms with Crippen molar-refractivity contribution in [2.45, 2.75) is 38.8 Å². The van der Waals surface area contributed by atoms with Crippen LogP contribution >= 0.6 is 0 Å². The van der Waals surface area contributed by atoms with Gasteiger partial charge >= 0.3 is 27.2 Å². The molecule has 0 fully saturated rings. The second-order valence-electron chi connectivity index (χ2n) is 2.03. The maximum absolute atomic E-state index is 11.9. The first-order valence-electron chi connectivity index (χ1n) is 5.25. The molecule has 0 spiro atoms. The monoisotopic (exact) mass is 468 g/mol. The van der Waals surface area contributed by atoms with E-state index < -0.39 is 11.7 Å². The van der Waals surface area contributed by atoms with E-state index in [0.717, 1.165) is 12.1 Å². The topological polar surface area (TPSA) is 0 Å². The third kappa shape index (κ3) is 14.3. The first-order valence-corrected chi connectivity index (χ1v) is 6.48. The second-order valence-corrected chi connectivity index (χ2v) is 2.50. The Labute approximate surface area is 134 Å². The van der Waals surface area contributed by atoms with Gasteiger partial charge in [0.25, 0.3) is 0 Å². The molecule has 0 unspecified atom stereocenters. The predicted octanol–water partition coefficient (Wildman–Crippen LogP) is 4.82. The molecule has 106 valence electrons. The minimum absolute atomic E-state index is 0. The molecule has 1 aromatic carbocycles. The van der Waals surface area contributed by atoms with Gasteiger partial charge in [0, 0.05) is 0 Å². The standard InChI is InChI=1S/C7H5F3S.2C2H6.CH4S.W/c8-7(9,10)5-2-1-3-6(11)4-5;3*1-2;/h1-4,11H;2*1-2H3;2H,1H3;/q;;;;+2/p-2. The van der Waals surface area contributed by atoms with E-state index in [9.17, 15) is 13.2 Å². The summed E-state index contributed by atoms with van der Waals surface area (Å²) >= 11 is 8.65. The zero-order chi connectivity index (χ0) is 14.5. The Kier molecular flexibility index (Phi) is 25.7. The number of hydrogen-bond donors (Lipinski definition) is 0. The molecule has 0 saturated heterocycles. The van der Waals surface area contributed by atoms with Crippen molar-refractivity contribution in [1.29, 1.82) is 0 Å². The van der Waals surface area contributed by atoms with Gasteiger partial charge in [-0.1, -0.05) is 52.0 Å². The number of alkyl halides is 3. The number of benzene rings is 1. The minimum atomic E-state index is -4.28. The van der Waals surface area contributed by atoms with E-state index in [1.807, 2.05) is 27.7 Å². The van der Waals surface area contributed by atoms with E-state index in [4.69, 9.17) is 0 Å². The van der Waals surface area contributed by atoms with Crippen molar-refractivity contribution < 1.29 is 34.2 Å². The summed E-state index contributed by atoms with van der Waals surface area (Å²) in [7, 11) is 0. The maximum atomic E-state index is 11.9. The Morgan fingerprint density at radius 2 is 1.33 bits per heavy atom. The van der Waals surface area contributed by atoms with Crippen LogP contribution in [0.15, 0.2) is 29.2 Å². The molecule has 0 aliphatic rings. The SMILES string of the molecule is CC.CC.C[S-].FC(F)(F)c1cccc([S-])c1.[W+2]. The molecule has 0 nitrogen and oxygen atoms in total. The summed E-state index contributed by atoms with van der Waals surface area (Å²) in [5, 5.41) is 0. The zero-order valence-corrected chi connectivity index (χ0v) is 15.7. The number of hydrogen-bond acceptors (Lipinski definition) is 2. The molecule has 0 saturated carbocycles. The molecular formula is C12H19F3S2W. The van der Waals surface area contributed by atoms with Crippen LogP contribution in [0.25, 0.3) is 0 Å². The summed E-state index contributed by atoms with van der Waals surface area (Å²) in [6.07, 6.45) is -2.70. The summed E-state index contributed by atoms with van der Waals surface area (Å²) in [5.41, 5.74) is -0.690. The average Bonchev–Trinajstić information content (AvgIpc) is 2.36. The summed E-state index contributed by atoms with van der Waals surface area (Å²) in [6.45, 7) is 8.00. The second kappa shape index (κ2) is 17.3. The van der Waals surface area contributed by atoms with Crippen molar-refractivity contribution in [3.05, 3.63) is 29.8 Å². The van der Waals surface area contributed by atoms with E-state index in [-0.39, 0.29) is 26.0 Å². The average molecular weight is 468 g/mol. The van der Waals surface area contributed by atoms with E-state index in [2.05, 4.69) is 25.3 Å². The molecule has 1 aromatic rings. The van der Waals surface area contributed by atoms with Gasteiger partial charge in [-0.15, -0.1) is 0 Å². The molecule has 0 bridgehead atoms. The van der Waals surface area contributed by atoms with Crippen LogP contribution in [0.4, 0.5) is 13.2 Å². The molecule has 1 rings (SSSR count). The van der Waals surface area contributed by atoms with Gasteiger partial charge in [-0.2, -0.15) is 24.3 Å². The van der Waals surface area contributed by atoms with E-state index in [1.54, 1.807) is 6.26 Å². The maximum Gasteiger partial charge on any atom is 2.00 e. The fourth-order valence-electron chi connectivity index (χ4n) is 0.672. The van der Waals surface area contributed by atoms with Crippen LogP contribution in [-0.4, -0.2) is 6.26 Å². The number of halogens is 3. The normalized spacial score (nSPS) is 8.06. The molecule has 0 aromatic heterocycles. The van der Waals surface area contributed by atoms with Gasteiger partial charge in [0.1, 0.15) is 0 Å². The van der Waals surface area contributed by atoms with Gasteiger partial charge in [0.2, 0.25) is 0 Å². The van der Waals surface area contributed by atoms with Gasteiger partial charge in [-0.25, -0.2) is 0 Å². The molecular weight excluding hydrogens is 449 g/mol. The van der Waals surface area contributed by atoms with Crippen molar-refractivity contribution in [3.63, 3.8) is 0 Å². The van der Waals surface area contributed by atoms with Crippen molar-refractivity contribution in [3.8, 4) is 0 Å². The first-order chi connectivity index (χ1) is 8.00. The molecule has 0 atom stereocenters. The fraction of sp³-hybridized carbons (Fsp3) is 0.500. The van der Waals surface area contributed by atoms with Crippen molar-refractivity contribution >= 4 is 25.3 Å². The third-order valence-electron chi connectivity index (χ3n) is 1.16. The van der Waals surface area contributed by atoms with Gasteiger partial charge < -0.3 is 25.3 Å². The van der Waals surface area contributed by atoms with Crippen LogP contribution in [-0.2, 0) is 52.5 Å². The van der Waals surface area contributed by atoms with Crippen molar-refractivity contribution in [2.24, 2.45) is 0 Å². The molecule has 0 heterocycles. The first kappa shape index (κ1) is 26.8. The summed E-state index contributed by atoms with van der Waals surface area (Å²) in [5.74, 6) is 0. The van der Waals surface area contributed by atoms with E-state index in [1.165, 1.54) is 12.1 Å². The van der Waals surface area contributed by atoms with E-state index in [0.29, 0.717) is 0 Å². The minimum Gasteiger partial charge on any atom is -0.796 e. The fourth-order valence-corrected chi connectivity index (χ4v) is 0.878.